The van der Waals surface area contributed by atoms with E-state index in [0.29, 0.717) is 45.8 Å². The smallest absolute Gasteiger partial charge is 0.253 e. The van der Waals surface area contributed by atoms with Crippen LogP contribution in [0.1, 0.15) is 21.5 Å². The molecule has 0 unspecified atom stereocenters. The normalized spacial score (nSPS) is 12.2. The Morgan fingerprint density at radius 2 is 1.60 bits per heavy atom. The lowest BCUT2D eigenvalue weighted by Gasteiger charge is -2.30. The van der Waals surface area contributed by atoms with E-state index < -0.39 is 9.84 Å². The number of carbonyl (C=O) groups excluding carboxylic acids is 1. The second-order valence-corrected chi connectivity index (χ2v) is 11.7. The molecule has 3 N–H and O–H groups in total. The third-order valence-electron chi connectivity index (χ3n) is 6.29. The Morgan fingerprint density at radius 1 is 0.971 bits per heavy atom. The van der Waals surface area contributed by atoms with Gasteiger partial charge in [-0.15, -0.1) is 0 Å². The molecule has 1 heterocycles. The Balaban J connectivity index is 1.48. The number of sulfone groups is 1. The first-order valence-electron chi connectivity index (χ1n) is 11.4. The molecule has 35 heavy (non-hydrogen) atoms. The van der Waals surface area contributed by atoms with E-state index in [1.807, 2.05) is 49.4 Å². The molecule has 182 valence electrons. The number of amides is 1. The highest BCUT2D eigenvalue weighted by Crippen LogP contribution is 2.31. The molecular weight excluding hydrogens is 460 g/mol. The van der Waals surface area contributed by atoms with Crippen molar-refractivity contribution in [3.63, 3.8) is 0 Å². The van der Waals surface area contributed by atoms with Gasteiger partial charge >= 0.3 is 0 Å². The monoisotopic (exact) mass is 491 g/mol. The number of nitrogens with one attached hydrogen (secondary N) is 1. The van der Waals surface area contributed by atoms with E-state index in [4.69, 9.17) is 10.7 Å². The summed E-state index contributed by atoms with van der Waals surface area (Å²) in [6.07, 6.45) is 1.20. The maximum absolute atomic E-state index is 13.1. The van der Waals surface area contributed by atoms with E-state index in [1.165, 1.54) is 6.26 Å². The fourth-order valence-corrected chi connectivity index (χ4v) is 4.96. The van der Waals surface area contributed by atoms with Crippen LogP contribution in [0.15, 0.2) is 65.6 Å². The second kappa shape index (κ2) is 9.28. The Bertz CT molecular complexity index is 1530. The van der Waals surface area contributed by atoms with Gasteiger partial charge in [-0.05, 0) is 30.7 Å². The first-order chi connectivity index (χ1) is 16.5. The number of likely N-dealkylation sites (N-methyl/N-ethyl adjacent to an activating group) is 1. The Kier molecular flexibility index (Phi) is 6.53. The number of hydrogen-bond donors (Lipinski definition) is 2. The molecule has 0 fully saturated rings. The van der Waals surface area contributed by atoms with Crippen LogP contribution in [0.25, 0.3) is 21.8 Å². The molecule has 4 aromatic rings. The predicted molar refractivity (Wildman–Crippen MR) is 141 cm³/mol. The summed E-state index contributed by atoms with van der Waals surface area (Å²) in [7, 11) is 0.938. The van der Waals surface area contributed by atoms with Crippen LogP contribution in [-0.2, 0) is 16.4 Å². The number of pyridine rings is 1. The van der Waals surface area contributed by atoms with Gasteiger partial charge in [0.1, 0.15) is 6.54 Å². The van der Waals surface area contributed by atoms with Crippen LogP contribution in [0.4, 0.5) is 5.69 Å². The summed E-state index contributed by atoms with van der Waals surface area (Å²) in [5.41, 5.74) is 11.0. The number of aromatic nitrogens is 1. The summed E-state index contributed by atoms with van der Waals surface area (Å²) in [5, 5.41) is 4.69. The van der Waals surface area contributed by atoms with Crippen molar-refractivity contribution in [2.45, 2.75) is 18.4 Å². The topological polar surface area (TPSA) is 102 Å². The number of quaternary nitrogens is 1. The Labute approximate surface area is 206 Å². The summed E-state index contributed by atoms with van der Waals surface area (Å²) in [6, 6.07) is 18.3. The van der Waals surface area contributed by atoms with Crippen LogP contribution in [0.3, 0.4) is 0 Å². The van der Waals surface area contributed by atoms with E-state index >= 15 is 0 Å². The predicted octanol–water partition coefficient (Wildman–Crippen LogP) is 3.69. The molecule has 0 bridgehead atoms. The third-order valence-corrected chi connectivity index (χ3v) is 7.42. The number of anilines is 1. The van der Waals surface area contributed by atoms with Gasteiger partial charge in [-0.3, -0.25) is 4.79 Å². The van der Waals surface area contributed by atoms with Crippen LogP contribution in [-0.4, -0.2) is 57.2 Å². The zero-order valence-electron chi connectivity index (χ0n) is 20.5. The lowest BCUT2D eigenvalue weighted by atomic mass is 10.0. The molecule has 1 amide bonds. The number of hydrogen-bond acceptors (Lipinski definition) is 5. The molecule has 0 radical (unpaired) electrons. The number of fused-ring (bicyclic) bond motifs is 2. The van der Waals surface area contributed by atoms with Crippen molar-refractivity contribution in [3.05, 3.63) is 77.4 Å². The summed E-state index contributed by atoms with van der Waals surface area (Å²) >= 11 is 0. The van der Waals surface area contributed by atoms with Crippen molar-refractivity contribution in [1.82, 2.24) is 10.3 Å². The van der Waals surface area contributed by atoms with Crippen LogP contribution in [0.2, 0.25) is 0 Å². The van der Waals surface area contributed by atoms with Crippen molar-refractivity contribution in [2.75, 3.05) is 39.2 Å². The van der Waals surface area contributed by atoms with Crippen LogP contribution >= 0.6 is 0 Å². The summed E-state index contributed by atoms with van der Waals surface area (Å²) in [5.74, 6) is -0.187. The zero-order valence-corrected chi connectivity index (χ0v) is 21.3. The van der Waals surface area contributed by atoms with Gasteiger partial charge in [0.25, 0.3) is 5.91 Å². The summed E-state index contributed by atoms with van der Waals surface area (Å²) in [6.45, 7) is 3.86. The number of aryl methyl sites for hydroxylation is 1. The quantitative estimate of drug-likeness (QED) is 0.303. The van der Waals surface area contributed by atoms with Crippen molar-refractivity contribution in [1.29, 1.82) is 0 Å². The van der Waals surface area contributed by atoms with Gasteiger partial charge in [-0.2, -0.15) is 0 Å². The highest BCUT2D eigenvalue weighted by molar-refractivity contribution is 7.90. The third kappa shape index (κ3) is 5.28. The molecule has 0 aliphatic rings. The van der Waals surface area contributed by atoms with Gasteiger partial charge in [0, 0.05) is 22.6 Å². The number of para-hydroxylation sites is 2. The highest BCUT2D eigenvalue weighted by Gasteiger charge is 2.19. The molecular formula is C27H31N4O3S+. The standard InChI is InChI=1S/C27H30N4O3S/c1-18-7-5-8-21-24(28)22-9-6-10-23(26(22)30-25(18)21)27(32)29-15-16-31(2,3)17-19-11-13-20(14-12-19)35(4,33)34/h5-14H,15-17H2,1-4H3,(H2-,28,29,30,32)/p+1. The lowest BCUT2D eigenvalue weighted by Crippen LogP contribution is -2.44. The molecule has 0 saturated heterocycles. The maximum Gasteiger partial charge on any atom is 0.253 e. The SMILES string of the molecule is Cc1cccc2c(N)c3cccc(C(=O)NCC[N+](C)(C)Cc4ccc(S(C)(=O)=O)cc4)c3nc12. The fraction of sp³-hybridized carbons (Fsp3) is 0.259. The number of benzene rings is 3. The molecule has 8 heteroatoms. The summed E-state index contributed by atoms with van der Waals surface area (Å²) in [4.78, 5) is 18.2. The number of nitrogen functional groups attached to an aromatic ring is 1. The summed E-state index contributed by atoms with van der Waals surface area (Å²) < 4.78 is 24.0. The number of carbonyl (C=O) groups is 1. The van der Waals surface area contributed by atoms with Crippen LogP contribution in [0, 0.1) is 6.92 Å². The molecule has 1 aromatic heterocycles. The van der Waals surface area contributed by atoms with Gasteiger partial charge in [0.05, 0.1) is 54.4 Å². The molecule has 0 aliphatic carbocycles. The van der Waals surface area contributed by atoms with E-state index in [1.54, 1.807) is 18.2 Å². The Hall–Kier alpha value is -3.49. The number of rotatable bonds is 7. The van der Waals surface area contributed by atoms with Gasteiger partial charge in [0.15, 0.2) is 9.84 Å². The molecule has 0 saturated carbocycles. The number of nitrogens with two attached hydrogens (primary N) is 1. The van der Waals surface area contributed by atoms with Crippen LogP contribution in [0.5, 0.6) is 0 Å². The fourth-order valence-electron chi connectivity index (χ4n) is 4.33. The maximum atomic E-state index is 13.1. The first-order valence-corrected chi connectivity index (χ1v) is 13.3. The Morgan fingerprint density at radius 3 is 2.26 bits per heavy atom. The first kappa shape index (κ1) is 24.6. The molecule has 3 aromatic carbocycles. The number of nitrogens with zero attached hydrogens (tertiary/aromatic N) is 2. The highest BCUT2D eigenvalue weighted by atomic mass is 32.2. The van der Waals surface area contributed by atoms with E-state index in [-0.39, 0.29) is 5.91 Å². The van der Waals surface area contributed by atoms with E-state index in [0.717, 1.165) is 27.4 Å². The van der Waals surface area contributed by atoms with Crippen LogP contribution < -0.4 is 11.1 Å². The average Bonchev–Trinajstić information content (AvgIpc) is 2.79. The molecule has 0 aliphatic heterocycles. The molecule has 7 nitrogen and oxygen atoms in total. The van der Waals surface area contributed by atoms with E-state index in [2.05, 4.69) is 19.4 Å². The minimum Gasteiger partial charge on any atom is -0.398 e. The second-order valence-electron chi connectivity index (χ2n) is 9.69. The van der Waals surface area contributed by atoms with Gasteiger partial charge < -0.3 is 15.5 Å². The largest absolute Gasteiger partial charge is 0.398 e. The molecule has 4 rings (SSSR count). The lowest BCUT2D eigenvalue weighted by molar-refractivity contribution is -0.902. The average molecular weight is 492 g/mol. The van der Waals surface area contributed by atoms with Crippen molar-refractivity contribution in [3.8, 4) is 0 Å². The van der Waals surface area contributed by atoms with Crippen molar-refractivity contribution in [2.24, 2.45) is 0 Å². The van der Waals surface area contributed by atoms with Crippen molar-refractivity contribution < 1.29 is 17.7 Å². The van der Waals surface area contributed by atoms with Gasteiger partial charge in [0.2, 0.25) is 0 Å². The minimum absolute atomic E-state index is 0.187. The van der Waals surface area contributed by atoms with Gasteiger partial charge in [-0.1, -0.05) is 42.5 Å². The minimum atomic E-state index is -3.21. The van der Waals surface area contributed by atoms with Crippen molar-refractivity contribution >= 4 is 43.2 Å². The van der Waals surface area contributed by atoms with E-state index in [9.17, 15) is 13.2 Å². The molecule has 0 atom stereocenters. The molecule has 0 spiro atoms. The zero-order chi connectivity index (χ0) is 25.4. The van der Waals surface area contributed by atoms with Gasteiger partial charge in [-0.25, -0.2) is 13.4 Å².